The van der Waals surface area contributed by atoms with E-state index in [-0.39, 0.29) is 36.1 Å². The van der Waals surface area contributed by atoms with Crippen molar-refractivity contribution in [1.82, 2.24) is 25.1 Å². The van der Waals surface area contributed by atoms with Crippen LogP contribution in [0.25, 0.3) is 0 Å². The van der Waals surface area contributed by atoms with Gasteiger partial charge in [0.2, 0.25) is 0 Å². The first-order chi connectivity index (χ1) is 13.2. The molecule has 1 saturated heterocycles. The number of amides is 1. The van der Waals surface area contributed by atoms with Crippen LogP contribution in [-0.4, -0.2) is 58.3 Å². The largest absolute Gasteiger partial charge is 0.444 e. The lowest BCUT2D eigenvalue weighted by Crippen LogP contribution is -2.53. The van der Waals surface area contributed by atoms with Crippen LogP contribution in [-0.2, 0) is 17.8 Å². The highest BCUT2D eigenvalue weighted by Gasteiger charge is 2.28. The highest BCUT2D eigenvalue weighted by atomic mass is 127. The maximum atomic E-state index is 12.3. The number of nitrogens with one attached hydrogen (secondary N) is 2. The minimum atomic E-state index is -0.479. The Kier molecular flexibility index (Phi) is 10.2. The van der Waals surface area contributed by atoms with Gasteiger partial charge < -0.3 is 24.8 Å². The Labute approximate surface area is 191 Å². The number of aliphatic imine (C=N–C) groups is 1. The molecule has 29 heavy (non-hydrogen) atoms. The lowest BCUT2D eigenvalue weighted by molar-refractivity contribution is 0.0193. The van der Waals surface area contributed by atoms with E-state index in [9.17, 15) is 4.79 Å². The zero-order valence-electron chi connectivity index (χ0n) is 18.6. The third kappa shape index (κ3) is 8.79. The zero-order valence-corrected chi connectivity index (χ0v) is 20.9. The molecule has 0 spiro atoms. The van der Waals surface area contributed by atoms with E-state index in [0.717, 1.165) is 37.7 Å². The molecule has 1 amide bonds. The molecule has 0 aromatic carbocycles. The Hall–Kier alpha value is -1.52. The van der Waals surface area contributed by atoms with Gasteiger partial charge in [0.25, 0.3) is 0 Å². The van der Waals surface area contributed by atoms with Crippen molar-refractivity contribution in [2.75, 3.05) is 20.1 Å². The molecule has 9 heteroatoms. The fraction of sp³-hybridized carbons (Fsp3) is 0.750. The van der Waals surface area contributed by atoms with Crippen LogP contribution in [0, 0.1) is 5.92 Å². The molecule has 1 unspecified atom stereocenters. The first-order valence-corrected chi connectivity index (χ1v) is 10.1. The lowest BCUT2D eigenvalue weighted by atomic mass is 10.1. The third-order valence-corrected chi connectivity index (χ3v) is 4.42. The van der Waals surface area contributed by atoms with Gasteiger partial charge in [0, 0.05) is 45.1 Å². The number of carbonyl (C=O) groups is 1. The van der Waals surface area contributed by atoms with Crippen LogP contribution < -0.4 is 10.6 Å². The van der Waals surface area contributed by atoms with Gasteiger partial charge in [-0.1, -0.05) is 13.8 Å². The molecule has 0 bridgehead atoms. The van der Waals surface area contributed by atoms with Gasteiger partial charge in [0.15, 0.2) is 5.96 Å². The summed E-state index contributed by atoms with van der Waals surface area (Å²) in [6.45, 7) is 12.9. The Balaban J connectivity index is 0.00000420. The van der Waals surface area contributed by atoms with E-state index < -0.39 is 5.60 Å². The molecule has 2 N–H and O–H groups in total. The number of rotatable bonds is 5. The summed E-state index contributed by atoms with van der Waals surface area (Å²) in [5.74, 6) is 2.26. The molecule has 2 rings (SSSR count). The smallest absolute Gasteiger partial charge is 0.410 e. The molecule has 1 atom stereocenters. The molecular weight excluding hydrogens is 483 g/mol. The molecule has 1 aromatic heterocycles. The number of imidazole rings is 1. The van der Waals surface area contributed by atoms with Crippen molar-refractivity contribution in [3.63, 3.8) is 0 Å². The highest BCUT2D eigenvalue weighted by Crippen LogP contribution is 2.15. The summed E-state index contributed by atoms with van der Waals surface area (Å²) in [6, 6.07) is 0.142. The van der Waals surface area contributed by atoms with Crippen LogP contribution in [0.1, 0.15) is 53.3 Å². The number of hydrogen-bond donors (Lipinski definition) is 2. The van der Waals surface area contributed by atoms with E-state index in [1.165, 1.54) is 0 Å². The third-order valence-electron chi connectivity index (χ3n) is 4.42. The molecule has 166 valence electrons. The molecule has 0 radical (unpaired) electrons. The van der Waals surface area contributed by atoms with Gasteiger partial charge in [-0.15, -0.1) is 24.0 Å². The second kappa shape index (κ2) is 11.6. The van der Waals surface area contributed by atoms with Gasteiger partial charge in [-0.3, -0.25) is 4.99 Å². The number of ether oxygens (including phenoxy) is 1. The number of nitrogens with zero attached hydrogens (tertiary/aromatic N) is 4. The van der Waals surface area contributed by atoms with Crippen molar-refractivity contribution in [2.24, 2.45) is 10.9 Å². The first kappa shape index (κ1) is 25.5. The number of piperidine rings is 1. The fourth-order valence-electron chi connectivity index (χ4n) is 3.20. The Bertz CT molecular complexity index is 668. The van der Waals surface area contributed by atoms with Crippen LogP contribution in [0.4, 0.5) is 4.79 Å². The summed E-state index contributed by atoms with van der Waals surface area (Å²) in [5.41, 5.74) is -0.479. The van der Waals surface area contributed by atoms with Crippen LogP contribution in [0.15, 0.2) is 17.4 Å². The number of halogens is 1. The van der Waals surface area contributed by atoms with Gasteiger partial charge >= 0.3 is 6.09 Å². The number of likely N-dealkylation sites (tertiary alicyclic amines) is 1. The quantitative estimate of drug-likeness (QED) is 0.354. The molecule has 1 aliphatic heterocycles. The topological polar surface area (TPSA) is 83.8 Å². The van der Waals surface area contributed by atoms with Gasteiger partial charge in [-0.25, -0.2) is 9.78 Å². The van der Waals surface area contributed by atoms with Gasteiger partial charge in [-0.2, -0.15) is 0 Å². The first-order valence-electron chi connectivity index (χ1n) is 10.1. The predicted molar refractivity (Wildman–Crippen MR) is 127 cm³/mol. The van der Waals surface area contributed by atoms with Crippen LogP contribution in [0.2, 0.25) is 0 Å². The van der Waals surface area contributed by atoms with Gasteiger partial charge in [0.05, 0.1) is 6.54 Å². The van der Waals surface area contributed by atoms with Crippen molar-refractivity contribution in [3.8, 4) is 0 Å². The Morgan fingerprint density at radius 2 is 2.14 bits per heavy atom. The Morgan fingerprint density at radius 1 is 1.41 bits per heavy atom. The van der Waals surface area contributed by atoms with Crippen molar-refractivity contribution in [2.45, 2.75) is 72.2 Å². The van der Waals surface area contributed by atoms with Crippen molar-refractivity contribution in [1.29, 1.82) is 0 Å². The summed E-state index contributed by atoms with van der Waals surface area (Å²) in [7, 11) is 1.75. The summed E-state index contributed by atoms with van der Waals surface area (Å²) in [6.07, 6.45) is 5.51. The minimum Gasteiger partial charge on any atom is -0.444 e. The Morgan fingerprint density at radius 3 is 2.76 bits per heavy atom. The van der Waals surface area contributed by atoms with Crippen LogP contribution in [0.3, 0.4) is 0 Å². The average Bonchev–Trinajstić information content (AvgIpc) is 3.03. The number of carbonyl (C=O) groups excluding carboxylic acids is 1. The number of hydrogen-bond acceptors (Lipinski definition) is 4. The monoisotopic (exact) mass is 520 g/mol. The van der Waals surface area contributed by atoms with Crippen LogP contribution >= 0.6 is 24.0 Å². The standard InChI is InChI=1S/C20H36N6O2.HI/c1-15(2)13-25-11-9-22-17(25)12-23-18(21-6)24-16-8-7-10-26(14-16)19(27)28-20(3,4)5;/h9,11,15-16H,7-8,10,12-14H2,1-6H3,(H2,21,23,24);1H. The second-order valence-electron chi connectivity index (χ2n) is 8.73. The van der Waals surface area contributed by atoms with E-state index in [1.807, 2.05) is 33.2 Å². The van der Waals surface area contributed by atoms with Gasteiger partial charge in [-0.05, 0) is 39.5 Å². The number of aromatic nitrogens is 2. The maximum Gasteiger partial charge on any atom is 0.410 e. The van der Waals surface area contributed by atoms with E-state index in [4.69, 9.17) is 4.74 Å². The summed E-state index contributed by atoms with van der Waals surface area (Å²) in [4.78, 5) is 22.9. The summed E-state index contributed by atoms with van der Waals surface area (Å²) >= 11 is 0. The van der Waals surface area contributed by atoms with Gasteiger partial charge in [0.1, 0.15) is 11.4 Å². The van der Waals surface area contributed by atoms with E-state index in [1.54, 1.807) is 11.9 Å². The minimum absolute atomic E-state index is 0. The summed E-state index contributed by atoms with van der Waals surface area (Å²) in [5, 5.41) is 6.76. The molecule has 0 saturated carbocycles. The zero-order chi connectivity index (χ0) is 20.7. The molecule has 1 aromatic rings. The molecule has 0 aliphatic carbocycles. The van der Waals surface area contributed by atoms with Crippen LogP contribution in [0.5, 0.6) is 0 Å². The lowest BCUT2D eigenvalue weighted by Gasteiger charge is -2.35. The van der Waals surface area contributed by atoms with E-state index in [0.29, 0.717) is 19.0 Å². The molecule has 1 fully saturated rings. The second-order valence-corrected chi connectivity index (χ2v) is 8.73. The average molecular weight is 520 g/mol. The van der Waals surface area contributed by atoms with E-state index >= 15 is 0 Å². The molecule has 2 heterocycles. The molecular formula is C20H37IN6O2. The summed E-state index contributed by atoms with van der Waals surface area (Å²) < 4.78 is 7.66. The fourth-order valence-corrected chi connectivity index (χ4v) is 3.20. The molecule has 8 nitrogen and oxygen atoms in total. The van der Waals surface area contributed by atoms with Crippen molar-refractivity contribution in [3.05, 3.63) is 18.2 Å². The predicted octanol–water partition coefficient (Wildman–Crippen LogP) is 3.22. The van der Waals surface area contributed by atoms with E-state index in [2.05, 4.69) is 39.0 Å². The molecule has 1 aliphatic rings. The van der Waals surface area contributed by atoms with Crippen molar-refractivity contribution < 1.29 is 9.53 Å². The maximum absolute atomic E-state index is 12.3. The van der Waals surface area contributed by atoms with Crippen molar-refractivity contribution >= 4 is 36.0 Å². The highest BCUT2D eigenvalue weighted by molar-refractivity contribution is 14.0. The normalized spacial score (nSPS) is 17.7. The SMILES string of the molecule is CN=C(NCc1nccn1CC(C)C)NC1CCCN(C(=O)OC(C)(C)C)C1.I. The number of guanidine groups is 1.